The molecule has 29 heavy (non-hydrogen) atoms. The Morgan fingerprint density at radius 2 is 1.83 bits per heavy atom. The highest BCUT2D eigenvalue weighted by Crippen LogP contribution is 2.25. The third-order valence-corrected chi connectivity index (χ3v) is 5.76. The van der Waals surface area contributed by atoms with Crippen molar-refractivity contribution in [3.8, 4) is 5.75 Å². The molecular weight excluding hydrogens is 384 g/mol. The van der Waals surface area contributed by atoms with Gasteiger partial charge in [-0.1, -0.05) is 32.0 Å². The second-order valence-corrected chi connectivity index (χ2v) is 8.30. The van der Waals surface area contributed by atoms with Crippen molar-refractivity contribution in [2.45, 2.75) is 31.7 Å². The van der Waals surface area contributed by atoms with Gasteiger partial charge in [-0.15, -0.1) is 11.8 Å². The Kier molecular flexibility index (Phi) is 7.50. The van der Waals surface area contributed by atoms with Gasteiger partial charge in [0.05, 0.1) is 11.3 Å². The highest BCUT2D eigenvalue weighted by Gasteiger charge is 2.27. The maximum Gasteiger partial charge on any atom is 0.258 e. The van der Waals surface area contributed by atoms with Crippen LogP contribution >= 0.6 is 11.8 Å². The number of hydrogen-bond donors (Lipinski definition) is 0. The van der Waals surface area contributed by atoms with Crippen LogP contribution in [0, 0.1) is 6.92 Å². The number of para-hydroxylation sites is 1. The van der Waals surface area contributed by atoms with E-state index in [0.29, 0.717) is 25.3 Å². The standard InChI is InChI=1S/C22H30N4O2S/c1-16(2)20-23-17(3)19(21(24-20)29-4)22(27)26-12-10-25(11-13-26)14-15-28-18-8-6-5-7-9-18/h5-9,16H,10-15H2,1-4H3. The summed E-state index contributed by atoms with van der Waals surface area (Å²) in [5.74, 6) is 1.98. The average Bonchev–Trinajstić information content (AvgIpc) is 2.74. The molecule has 1 aliphatic heterocycles. The largest absolute Gasteiger partial charge is 0.492 e. The Morgan fingerprint density at radius 3 is 2.45 bits per heavy atom. The number of nitrogens with zero attached hydrogens (tertiary/aromatic N) is 4. The normalized spacial score (nSPS) is 15.0. The Labute approximate surface area is 177 Å². The molecule has 0 N–H and O–H groups in total. The number of aromatic nitrogens is 2. The molecule has 3 rings (SSSR count). The number of aryl methyl sites for hydroxylation is 1. The molecule has 1 amide bonds. The maximum absolute atomic E-state index is 13.2. The summed E-state index contributed by atoms with van der Waals surface area (Å²) in [6.45, 7) is 10.7. The first-order valence-corrected chi connectivity index (χ1v) is 11.3. The molecule has 6 nitrogen and oxygen atoms in total. The van der Waals surface area contributed by atoms with Crippen molar-refractivity contribution in [1.29, 1.82) is 0 Å². The van der Waals surface area contributed by atoms with E-state index in [-0.39, 0.29) is 11.8 Å². The maximum atomic E-state index is 13.2. The zero-order valence-electron chi connectivity index (χ0n) is 17.7. The van der Waals surface area contributed by atoms with E-state index in [1.807, 2.05) is 48.4 Å². The van der Waals surface area contributed by atoms with E-state index in [1.54, 1.807) is 0 Å². The lowest BCUT2D eigenvalue weighted by molar-refractivity contribution is 0.0614. The summed E-state index contributed by atoms with van der Waals surface area (Å²) in [5, 5.41) is 0.782. The Morgan fingerprint density at radius 1 is 1.14 bits per heavy atom. The quantitative estimate of drug-likeness (QED) is 0.511. The van der Waals surface area contributed by atoms with Gasteiger partial charge in [0.1, 0.15) is 23.2 Å². The fourth-order valence-electron chi connectivity index (χ4n) is 3.36. The van der Waals surface area contributed by atoms with E-state index in [0.717, 1.165) is 41.9 Å². The number of benzene rings is 1. The van der Waals surface area contributed by atoms with E-state index < -0.39 is 0 Å². The summed E-state index contributed by atoms with van der Waals surface area (Å²) in [7, 11) is 0. The van der Waals surface area contributed by atoms with Crippen LogP contribution in [0.4, 0.5) is 0 Å². The highest BCUT2D eigenvalue weighted by molar-refractivity contribution is 7.98. The third-order valence-electron chi connectivity index (χ3n) is 5.08. The van der Waals surface area contributed by atoms with Crippen LogP contribution in [-0.4, -0.2) is 71.3 Å². The second-order valence-electron chi connectivity index (χ2n) is 7.50. The molecule has 156 valence electrons. The second kappa shape index (κ2) is 10.1. The number of thioether (sulfide) groups is 1. The molecule has 0 unspecified atom stereocenters. The monoisotopic (exact) mass is 414 g/mol. The van der Waals surface area contributed by atoms with Gasteiger partial charge >= 0.3 is 0 Å². The van der Waals surface area contributed by atoms with Gasteiger partial charge in [0, 0.05) is 38.6 Å². The van der Waals surface area contributed by atoms with Crippen molar-refractivity contribution in [1.82, 2.24) is 19.8 Å². The van der Waals surface area contributed by atoms with E-state index in [1.165, 1.54) is 11.8 Å². The number of hydrogen-bond acceptors (Lipinski definition) is 6. The molecule has 1 aliphatic rings. The molecule has 0 radical (unpaired) electrons. The van der Waals surface area contributed by atoms with Gasteiger partial charge in [-0.3, -0.25) is 9.69 Å². The number of amides is 1. The van der Waals surface area contributed by atoms with Gasteiger partial charge in [-0.25, -0.2) is 9.97 Å². The first kappa shape index (κ1) is 21.6. The van der Waals surface area contributed by atoms with Gasteiger partial charge in [0.25, 0.3) is 5.91 Å². The van der Waals surface area contributed by atoms with Crippen LogP contribution in [0.5, 0.6) is 5.75 Å². The molecule has 0 atom stereocenters. The van der Waals surface area contributed by atoms with E-state index in [2.05, 4.69) is 28.7 Å². The van der Waals surface area contributed by atoms with Crippen LogP contribution in [0.2, 0.25) is 0 Å². The minimum Gasteiger partial charge on any atom is -0.492 e. The fraction of sp³-hybridized carbons (Fsp3) is 0.500. The first-order chi connectivity index (χ1) is 14.0. The van der Waals surface area contributed by atoms with Crippen molar-refractivity contribution >= 4 is 17.7 Å². The molecule has 0 saturated carbocycles. The Hall–Kier alpha value is -2.12. The lowest BCUT2D eigenvalue weighted by Gasteiger charge is -2.35. The predicted octanol–water partition coefficient (Wildman–Crippen LogP) is 3.47. The lowest BCUT2D eigenvalue weighted by Crippen LogP contribution is -2.49. The molecule has 0 spiro atoms. The minimum absolute atomic E-state index is 0.0438. The molecule has 1 fully saturated rings. The van der Waals surface area contributed by atoms with Crippen LogP contribution in [0.1, 0.15) is 41.6 Å². The zero-order chi connectivity index (χ0) is 20.8. The smallest absolute Gasteiger partial charge is 0.258 e. The summed E-state index contributed by atoms with van der Waals surface area (Å²) in [6.07, 6.45) is 1.97. The van der Waals surface area contributed by atoms with Gasteiger partial charge in [-0.2, -0.15) is 0 Å². The first-order valence-electron chi connectivity index (χ1n) is 10.1. The molecule has 1 saturated heterocycles. The van der Waals surface area contributed by atoms with Crippen molar-refractivity contribution in [3.05, 3.63) is 47.4 Å². The van der Waals surface area contributed by atoms with Gasteiger partial charge < -0.3 is 9.64 Å². The average molecular weight is 415 g/mol. The Bertz CT molecular complexity index is 821. The zero-order valence-corrected chi connectivity index (χ0v) is 18.5. The third kappa shape index (κ3) is 5.48. The van der Waals surface area contributed by atoms with Crippen LogP contribution in [-0.2, 0) is 0 Å². The van der Waals surface area contributed by atoms with E-state index in [4.69, 9.17) is 4.74 Å². The molecule has 1 aromatic carbocycles. The Balaban J connectivity index is 1.56. The van der Waals surface area contributed by atoms with Crippen LogP contribution < -0.4 is 4.74 Å². The lowest BCUT2D eigenvalue weighted by atomic mass is 10.1. The summed E-state index contributed by atoms with van der Waals surface area (Å²) >= 11 is 1.52. The summed E-state index contributed by atoms with van der Waals surface area (Å²) < 4.78 is 5.79. The minimum atomic E-state index is 0.0438. The van der Waals surface area contributed by atoms with Crippen LogP contribution in [0.3, 0.4) is 0 Å². The number of rotatable bonds is 7. The molecule has 0 bridgehead atoms. The summed E-state index contributed by atoms with van der Waals surface area (Å²) in [6, 6.07) is 9.86. The van der Waals surface area contributed by atoms with Crippen molar-refractivity contribution in [2.75, 3.05) is 45.6 Å². The van der Waals surface area contributed by atoms with Crippen molar-refractivity contribution in [3.63, 3.8) is 0 Å². The molecule has 7 heteroatoms. The highest BCUT2D eigenvalue weighted by atomic mass is 32.2. The van der Waals surface area contributed by atoms with Gasteiger partial charge in [0.15, 0.2) is 0 Å². The fourth-order valence-corrected chi connectivity index (χ4v) is 3.99. The SMILES string of the molecule is CSc1nc(C(C)C)nc(C)c1C(=O)N1CCN(CCOc2ccccc2)CC1. The van der Waals surface area contributed by atoms with E-state index >= 15 is 0 Å². The summed E-state index contributed by atoms with van der Waals surface area (Å²) in [5.41, 5.74) is 1.43. The van der Waals surface area contributed by atoms with E-state index in [9.17, 15) is 4.79 Å². The number of carbonyl (C=O) groups excluding carboxylic acids is 1. The molecule has 2 aromatic rings. The van der Waals surface area contributed by atoms with Gasteiger partial charge in [0.2, 0.25) is 0 Å². The molecular formula is C22H30N4O2S. The molecule has 1 aromatic heterocycles. The van der Waals surface area contributed by atoms with Crippen molar-refractivity contribution < 1.29 is 9.53 Å². The topological polar surface area (TPSA) is 58.6 Å². The predicted molar refractivity (Wildman–Crippen MR) is 117 cm³/mol. The van der Waals surface area contributed by atoms with Crippen LogP contribution in [0.25, 0.3) is 0 Å². The van der Waals surface area contributed by atoms with Crippen molar-refractivity contribution in [2.24, 2.45) is 0 Å². The van der Waals surface area contributed by atoms with Gasteiger partial charge in [-0.05, 0) is 25.3 Å². The number of ether oxygens (including phenoxy) is 1. The summed E-state index contributed by atoms with van der Waals surface area (Å²) in [4.78, 5) is 26.7. The number of piperazine rings is 1. The number of carbonyl (C=O) groups is 1. The molecule has 2 heterocycles. The van der Waals surface area contributed by atoms with Crippen LogP contribution in [0.15, 0.2) is 35.4 Å². The molecule has 0 aliphatic carbocycles.